The van der Waals surface area contributed by atoms with Gasteiger partial charge in [-0.3, -0.25) is 14.3 Å². The summed E-state index contributed by atoms with van der Waals surface area (Å²) < 4.78 is 14.9. The molecule has 0 radical (unpaired) electrons. The van der Waals surface area contributed by atoms with Crippen molar-refractivity contribution in [3.63, 3.8) is 0 Å². The number of aromatic amines is 1. The SMILES string of the molecule is N#Cc1cnc2ccc(-c3c(-c4ccc(F)cc4)n[nH]c3C(N)=O)cn12. The highest BCUT2D eigenvalue weighted by molar-refractivity contribution is 6.01. The van der Waals surface area contributed by atoms with Gasteiger partial charge in [0, 0.05) is 22.9 Å². The van der Waals surface area contributed by atoms with E-state index in [2.05, 4.69) is 21.3 Å². The Labute approximate surface area is 146 Å². The second kappa shape index (κ2) is 5.82. The van der Waals surface area contributed by atoms with E-state index in [-0.39, 0.29) is 11.5 Å². The van der Waals surface area contributed by atoms with Gasteiger partial charge in [0.15, 0.2) is 0 Å². The van der Waals surface area contributed by atoms with Crippen LogP contribution in [0.1, 0.15) is 16.2 Å². The lowest BCUT2D eigenvalue weighted by Gasteiger charge is -2.06. The third-order valence-corrected chi connectivity index (χ3v) is 4.04. The third-order valence-electron chi connectivity index (χ3n) is 4.04. The van der Waals surface area contributed by atoms with E-state index in [1.54, 1.807) is 34.9 Å². The molecule has 4 rings (SSSR count). The van der Waals surface area contributed by atoms with Crippen molar-refractivity contribution in [2.75, 3.05) is 0 Å². The average molecular weight is 346 g/mol. The largest absolute Gasteiger partial charge is 0.364 e. The van der Waals surface area contributed by atoms with Gasteiger partial charge in [0.25, 0.3) is 5.91 Å². The predicted octanol–water partition coefficient (Wildman–Crippen LogP) is 2.50. The molecule has 7 nitrogen and oxygen atoms in total. The standard InChI is InChI=1S/C18H11FN6O/c19-12-4-1-10(2-5-12)16-15(17(18(21)26)24-23-16)11-3-6-14-22-8-13(7-20)25(14)9-11/h1-6,8-9H,(H2,21,26)(H,23,24). The molecular weight excluding hydrogens is 335 g/mol. The van der Waals surface area contributed by atoms with Crippen LogP contribution in [0.25, 0.3) is 28.0 Å². The van der Waals surface area contributed by atoms with Crippen molar-refractivity contribution in [2.45, 2.75) is 0 Å². The van der Waals surface area contributed by atoms with Crippen LogP contribution in [0, 0.1) is 17.1 Å². The number of fused-ring (bicyclic) bond motifs is 1. The van der Waals surface area contributed by atoms with Crippen LogP contribution < -0.4 is 5.73 Å². The summed E-state index contributed by atoms with van der Waals surface area (Å²) >= 11 is 0. The van der Waals surface area contributed by atoms with E-state index >= 15 is 0 Å². The molecule has 0 aliphatic carbocycles. The number of nitrogens with zero attached hydrogens (tertiary/aromatic N) is 4. The van der Waals surface area contributed by atoms with Gasteiger partial charge in [-0.15, -0.1) is 0 Å². The van der Waals surface area contributed by atoms with E-state index in [9.17, 15) is 14.4 Å². The zero-order chi connectivity index (χ0) is 18.3. The number of hydrogen-bond donors (Lipinski definition) is 2. The zero-order valence-electron chi connectivity index (χ0n) is 13.3. The Morgan fingerprint density at radius 1 is 1.19 bits per heavy atom. The van der Waals surface area contributed by atoms with Crippen LogP contribution in [-0.2, 0) is 0 Å². The molecule has 0 fully saturated rings. The first-order valence-electron chi connectivity index (χ1n) is 7.60. The first-order chi connectivity index (χ1) is 12.6. The van der Waals surface area contributed by atoms with Crippen LogP contribution in [0.5, 0.6) is 0 Å². The highest BCUT2D eigenvalue weighted by Gasteiger charge is 2.21. The van der Waals surface area contributed by atoms with E-state index in [1.807, 2.05) is 0 Å². The van der Waals surface area contributed by atoms with Gasteiger partial charge in [-0.05, 0) is 36.4 Å². The molecule has 3 heterocycles. The topological polar surface area (TPSA) is 113 Å². The van der Waals surface area contributed by atoms with Crippen molar-refractivity contribution in [1.82, 2.24) is 19.6 Å². The number of primary amides is 1. The Bertz CT molecular complexity index is 1180. The van der Waals surface area contributed by atoms with Gasteiger partial charge in [0.1, 0.15) is 34.6 Å². The quantitative estimate of drug-likeness (QED) is 0.593. The third kappa shape index (κ3) is 2.39. The first kappa shape index (κ1) is 15.5. The molecule has 0 saturated carbocycles. The summed E-state index contributed by atoms with van der Waals surface area (Å²) in [6.07, 6.45) is 3.15. The Balaban J connectivity index is 1.98. The van der Waals surface area contributed by atoms with Crippen molar-refractivity contribution in [3.05, 3.63) is 66.0 Å². The van der Waals surface area contributed by atoms with Crippen LogP contribution in [0.4, 0.5) is 4.39 Å². The van der Waals surface area contributed by atoms with E-state index in [0.717, 1.165) is 0 Å². The zero-order valence-corrected chi connectivity index (χ0v) is 13.3. The van der Waals surface area contributed by atoms with Gasteiger partial charge in [-0.2, -0.15) is 10.4 Å². The highest BCUT2D eigenvalue weighted by Crippen LogP contribution is 2.33. The lowest BCUT2D eigenvalue weighted by molar-refractivity contribution is 0.0996. The van der Waals surface area contributed by atoms with Gasteiger partial charge < -0.3 is 5.73 Å². The molecule has 4 aromatic rings. The summed E-state index contributed by atoms with van der Waals surface area (Å²) in [6.45, 7) is 0. The second-order valence-electron chi connectivity index (χ2n) is 5.59. The minimum absolute atomic E-state index is 0.127. The number of nitrogens with two attached hydrogens (primary N) is 1. The van der Waals surface area contributed by atoms with Crippen molar-refractivity contribution in [2.24, 2.45) is 5.73 Å². The summed E-state index contributed by atoms with van der Waals surface area (Å²) in [5.74, 6) is -1.05. The molecule has 0 bridgehead atoms. The second-order valence-corrected chi connectivity index (χ2v) is 5.59. The van der Waals surface area contributed by atoms with Crippen LogP contribution >= 0.6 is 0 Å². The van der Waals surface area contributed by atoms with Crippen LogP contribution in [0.3, 0.4) is 0 Å². The monoisotopic (exact) mass is 346 g/mol. The Morgan fingerprint density at radius 2 is 1.92 bits per heavy atom. The number of H-pyrrole nitrogens is 1. The van der Waals surface area contributed by atoms with E-state index in [0.29, 0.717) is 33.7 Å². The molecule has 0 aliphatic heterocycles. The Morgan fingerprint density at radius 3 is 2.62 bits per heavy atom. The average Bonchev–Trinajstić information content (AvgIpc) is 3.25. The number of aromatic nitrogens is 4. The summed E-state index contributed by atoms with van der Waals surface area (Å²) in [5.41, 5.74) is 8.72. The van der Waals surface area contributed by atoms with Crippen LogP contribution in [0.2, 0.25) is 0 Å². The molecule has 3 N–H and O–H groups in total. The van der Waals surface area contributed by atoms with Crippen molar-refractivity contribution in [1.29, 1.82) is 5.26 Å². The number of nitriles is 1. The van der Waals surface area contributed by atoms with Crippen molar-refractivity contribution in [3.8, 4) is 28.5 Å². The van der Waals surface area contributed by atoms with Crippen LogP contribution in [-0.4, -0.2) is 25.5 Å². The van der Waals surface area contributed by atoms with Gasteiger partial charge in [0.2, 0.25) is 0 Å². The van der Waals surface area contributed by atoms with E-state index in [4.69, 9.17) is 5.73 Å². The summed E-state index contributed by atoms with van der Waals surface area (Å²) in [6, 6.07) is 11.3. The minimum atomic E-state index is -0.674. The maximum Gasteiger partial charge on any atom is 0.267 e. The molecule has 1 aromatic carbocycles. The number of carbonyl (C=O) groups is 1. The number of nitrogens with one attached hydrogen (secondary N) is 1. The molecule has 0 saturated heterocycles. The number of halogens is 1. The van der Waals surface area contributed by atoms with Gasteiger partial charge >= 0.3 is 0 Å². The molecule has 0 aliphatic rings. The number of rotatable bonds is 3. The summed E-state index contributed by atoms with van der Waals surface area (Å²) in [5, 5.41) is 16.0. The maximum atomic E-state index is 13.2. The molecule has 0 atom stereocenters. The highest BCUT2D eigenvalue weighted by atomic mass is 19.1. The fourth-order valence-corrected chi connectivity index (χ4v) is 2.83. The van der Waals surface area contributed by atoms with E-state index < -0.39 is 5.91 Å². The molecule has 3 aromatic heterocycles. The maximum absolute atomic E-state index is 13.2. The van der Waals surface area contributed by atoms with Crippen molar-refractivity contribution < 1.29 is 9.18 Å². The number of hydrogen-bond acceptors (Lipinski definition) is 4. The van der Waals surface area contributed by atoms with Gasteiger partial charge in [-0.1, -0.05) is 0 Å². The summed E-state index contributed by atoms with van der Waals surface area (Å²) in [4.78, 5) is 16.0. The fourth-order valence-electron chi connectivity index (χ4n) is 2.83. The number of amides is 1. The smallest absolute Gasteiger partial charge is 0.267 e. The minimum Gasteiger partial charge on any atom is -0.364 e. The molecule has 8 heteroatoms. The Hall–Kier alpha value is -3.99. The molecule has 0 unspecified atom stereocenters. The summed E-state index contributed by atoms with van der Waals surface area (Å²) in [7, 11) is 0. The first-order valence-corrected chi connectivity index (χ1v) is 7.60. The fraction of sp³-hybridized carbons (Fsp3) is 0. The van der Waals surface area contributed by atoms with Crippen molar-refractivity contribution >= 4 is 11.6 Å². The van der Waals surface area contributed by atoms with Gasteiger partial charge in [0.05, 0.1) is 6.20 Å². The Kier molecular flexibility index (Phi) is 3.48. The molecule has 0 spiro atoms. The molecule has 1 amide bonds. The van der Waals surface area contributed by atoms with Gasteiger partial charge in [-0.25, -0.2) is 9.37 Å². The number of pyridine rings is 1. The molecule has 26 heavy (non-hydrogen) atoms. The van der Waals surface area contributed by atoms with Crippen LogP contribution in [0.15, 0.2) is 48.8 Å². The lowest BCUT2D eigenvalue weighted by Crippen LogP contribution is -2.12. The predicted molar refractivity (Wildman–Crippen MR) is 91.4 cm³/mol. The number of carbonyl (C=O) groups excluding carboxylic acids is 1. The molecule has 126 valence electrons. The molecular formula is C18H11FN6O. The van der Waals surface area contributed by atoms with E-state index in [1.165, 1.54) is 18.3 Å². The number of benzene rings is 1. The lowest BCUT2D eigenvalue weighted by atomic mass is 10.00. The normalized spacial score (nSPS) is 10.8. The number of imidazole rings is 1.